The van der Waals surface area contributed by atoms with Crippen LogP contribution in [0.4, 0.5) is 22.9 Å². The van der Waals surface area contributed by atoms with Crippen molar-refractivity contribution in [2.24, 2.45) is 9.98 Å². The fraction of sp³-hybridized carbons (Fsp3) is 0.194. The first-order chi connectivity index (χ1) is 20.4. The van der Waals surface area contributed by atoms with Gasteiger partial charge in [0.05, 0.1) is 34.5 Å². The van der Waals surface area contributed by atoms with Crippen molar-refractivity contribution in [2.45, 2.75) is 46.6 Å². The van der Waals surface area contributed by atoms with Crippen molar-refractivity contribution in [3.8, 4) is 5.69 Å². The molecule has 1 atom stereocenters. The lowest BCUT2D eigenvalue weighted by Gasteiger charge is -2.42. The van der Waals surface area contributed by atoms with E-state index in [-0.39, 0.29) is 6.04 Å². The van der Waals surface area contributed by atoms with Gasteiger partial charge < -0.3 is 10.2 Å². The third-order valence-corrected chi connectivity index (χ3v) is 8.41. The van der Waals surface area contributed by atoms with E-state index in [1.165, 1.54) is 16.7 Å². The summed E-state index contributed by atoms with van der Waals surface area (Å²) in [7, 11) is 0. The number of benzene rings is 4. The van der Waals surface area contributed by atoms with Gasteiger partial charge in [0, 0.05) is 5.56 Å². The highest BCUT2D eigenvalue weighted by Crippen LogP contribution is 2.48. The Hall–Kier alpha value is -4.97. The molecule has 4 aromatic carbocycles. The van der Waals surface area contributed by atoms with Crippen molar-refractivity contribution in [1.82, 2.24) is 9.78 Å². The average molecular weight is 551 g/mol. The summed E-state index contributed by atoms with van der Waals surface area (Å²) < 4.78 is 1.97. The van der Waals surface area contributed by atoms with Crippen LogP contribution < -0.4 is 10.2 Å². The topological polar surface area (TPSA) is 57.8 Å². The molecule has 1 aromatic heterocycles. The fourth-order valence-electron chi connectivity index (χ4n) is 5.94. The van der Waals surface area contributed by atoms with Crippen LogP contribution in [-0.2, 0) is 0 Å². The maximum absolute atomic E-state index is 5.36. The molecule has 0 radical (unpaired) electrons. The van der Waals surface area contributed by atoms with Gasteiger partial charge in [0.1, 0.15) is 0 Å². The first-order valence-electron chi connectivity index (χ1n) is 14.5. The third-order valence-electron chi connectivity index (χ3n) is 8.41. The molecule has 0 fully saturated rings. The number of hydrogen-bond donors (Lipinski definition) is 1. The highest BCUT2D eigenvalue weighted by Gasteiger charge is 2.41. The van der Waals surface area contributed by atoms with Crippen LogP contribution in [0.15, 0.2) is 107 Å². The van der Waals surface area contributed by atoms with E-state index >= 15 is 0 Å². The fourth-order valence-corrected chi connectivity index (χ4v) is 5.94. The Morgan fingerprint density at radius 1 is 0.810 bits per heavy atom. The smallest absolute Gasteiger partial charge is 0.179 e. The van der Waals surface area contributed by atoms with E-state index in [4.69, 9.17) is 15.1 Å². The molecule has 6 heteroatoms. The SMILES string of the molecule is Cc1cccc(N=C2Nc3ccccc3N3C2=Nc2c(c(C)nn2-c2ccccc2)[C@@H]3c2ccc(C(C)C)cc2)c1C. The Morgan fingerprint density at radius 2 is 1.55 bits per heavy atom. The Bertz CT molecular complexity index is 1860. The van der Waals surface area contributed by atoms with Gasteiger partial charge in [-0.05, 0) is 79.3 Å². The minimum absolute atomic E-state index is 0.141. The Labute approximate surface area is 247 Å². The molecule has 3 heterocycles. The molecule has 5 aromatic rings. The minimum atomic E-state index is -0.141. The number of hydrogen-bond acceptors (Lipinski definition) is 4. The molecule has 7 rings (SSSR count). The molecule has 0 aliphatic carbocycles. The molecule has 0 saturated heterocycles. The maximum Gasteiger partial charge on any atom is 0.179 e. The van der Waals surface area contributed by atoms with Crippen molar-refractivity contribution in [3.63, 3.8) is 0 Å². The van der Waals surface area contributed by atoms with Crippen molar-refractivity contribution >= 4 is 34.6 Å². The average Bonchev–Trinajstić information content (AvgIpc) is 3.34. The quantitative estimate of drug-likeness (QED) is 0.243. The van der Waals surface area contributed by atoms with E-state index in [1.807, 2.05) is 22.9 Å². The predicted molar refractivity (Wildman–Crippen MR) is 173 cm³/mol. The molecule has 0 amide bonds. The van der Waals surface area contributed by atoms with Crippen LogP contribution in [0.1, 0.15) is 59.3 Å². The highest BCUT2D eigenvalue weighted by molar-refractivity contribution is 6.52. The van der Waals surface area contributed by atoms with Gasteiger partial charge in [0.15, 0.2) is 17.5 Å². The minimum Gasteiger partial charge on any atom is -0.335 e. The number of amidine groups is 2. The second-order valence-corrected chi connectivity index (χ2v) is 11.4. The molecular weight excluding hydrogens is 516 g/mol. The van der Waals surface area contributed by atoms with Crippen molar-refractivity contribution < 1.29 is 0 Å². The van der Waals surface area contributed by atoms with Crippen LogP contribution in [-0.4, -0.2) is 21.5 Å². The summed E-state index contributed by atoms with van der Waals surface area (Å²) >= 11 is 0. The van der Waals surface area contributed by atoms with E-state index in [0.717, 1.165) is 57.1 Å². The highest BCUT2D eigenvalue weighted by atomic mass is 15.4. The standard InChI is InChI=1S/C36H34N6/c1-22(2)26-18-20-27(21-19-26)33-32-25(5)40-42(28-13-7-6-8-14-28)35(32)39-36-34(37-29-16-11-12-23(3)24(29)4)38-30-15-9-10-17-31(30)41(33)36/h6-22,33H,1-5H3,(H,37,38)/t33-/m0/s1. The summed E-state index contributed by atoms with van der Waals surface area (Å²) in [6.45, 7) is 10.8. The van der Waals surface area contributed by atoms with E-state index in [1.54, 1.807) is 0 Å². The van der Waals surface area contributed by atoms with Crippen LogP contribution >= 0.6 is 0 Å². The number of aliphatic imine (C=N–C) groups is 2. The molecule has 0 unspecified atom stereocenters. The zero-order chi connectivity index (χ0) is 29.0. The van der Waals surface area contributed by atoms with Gasteiger partial charge >= 0.3 is 0 Å². The third kappa shape index (κ3) is 4.22. The number of fused-ring (bicyclic) bond motifs is 4. The molecule has 2 aliphatic rings. The van der Waals surface area contributed by atoms with Crippen molar-refractivity contribution in [3.05, 3.63) is 131 Å². The van der Waals surface area contributed by atoms with Crippen LogP contribution in [0.2, 0.25) is 0 Å². The summed E-state index contributed by atoms with van der Waals surface area (Å²) in [6.07, 6.45) is 0. The molecular formula is C36H34N6. The molecule has 0 saturated carbocycles. The van der Waals surface area contributed by atoms with Crippen LogP contribution in [0.25, 0.3) is 5.69 Å². The van der Waals surface area contributed by atoms with Crippen LogP contribution in [0.5, 0.6) is 0 Å². The number of aromatic nitrogens is 2. The van der Waals surface area contributed by atoms with Crippen molar-refractivity contribution in [2.75, 3.05) is 10.2 Å². The molecule has 1 N–H and O–H groups in total. The van der Waals surface area contributed by atoms with Gasteiger partial charge in [-0.25, -0.2) is 14.7 Å². The number of nitrogens with zero attached hydrogens (tertiary/aromatic N) is 5. The Morgan fingerprint density at radius 3 is 2.31 bits per heavy atom. The van der Waals surface area contributed by atoms with Gasteiger partial charge in [-0.3, -0.25) is 0 Å². The predicted octanol–water partition coefficient (Wildman–Crippen LogP) is 8.72. The van der Waals surface area contributed by atoms with Gasteiger partial charge in [-0.2, -0.15) is 5.10 Å². The van der Waals surface area contributed by atoms with E-state index < -0.39 is 0 Å². The monoisotopic (exact) mass is 550 g/mol. The summed E-state index contributed by atoms with van der Waals surface area (Å²) in [5.74, 6) is 2.78. The van der Waals surface area contributed by atoms with Crippen LogP contribution in [0, 0.1) is 20.8 Å². The van der Waals surface area contributed by atoms with E-state index in [0.29, 0.717) is 5.92 Å². The molecule has 6 nitrogen and oxygen atoms in total. The summed E-state index contributed by atoms with van der Waals surface area (Å²) in [5, 5.41) is 8.69. The number of aryl methyl sites for hydroxylation is 2. The summed E-state index contributed by atoms with van der Waals surface area (Å²) in [6, 6.07) is 33.8. The normalized spacial score (nSPS) is 16.5. The number of anilines is 2. The molecule has 0 bridgehead atoms. The van der Waals surface area contributed by atoms with Gasteiger partial charge in [0.2, 0.25) is 0 Å². The second kappa shape index (κ2) is 10.1. The summed E-state index contributed by atoms with van der Waals surface area (Å²) in [4.78, 5) is 12.9. The first-order valence-corrected chi connectivity index (χ1v) is 14.5. The zero-order valence-corrected chi connectivity index (χ0v) is 24.6. The van der Waals surface area contributed by atoms with E-state index in [9.17, 15) is 0 Å². The Balaban J connectivity index is 1.52. The zero-order valence-electron chi connectivity index (χ0n) is 24.6. The number of para-hydroxylation sites is 3. The van der Waals surface area contributed by atoms with Gasteiger partial charge in [0.25, 0.3) is 0 Å². The Kier molecular flexibility index (Phi) is 6.27. The maximum atomic E-state index is 5.36. The largest absolute Gasteiger partial charge is 0.335 e. The second-order valence-electron chi connectivity index (χ2n) is 11.4. The van der Waals surface area contributed by atoms with Gasteiger partial charge in [-0.1, -0.05) is 80.6 Å². The number of nitrogens with one attached hydrogen (secondary N) is 1. The van der Waals surface area contributed by atoms with Crippen LogP contribution in [0.3, 0.4) is 0 Å². The lowest BCUT2D eigenvalue weighted by molar-refractivity contribution is 0.811. The molecule has 208 valence electrons. The molecule has 42 heavy (non-hydrogen) atoms. The lowest BCUT2D eigenvalue weighted by Crippen LogP contribution is -2.48. The van der Waals surface area contributed by atoms with Gasteiger partial charge in [-0.15, -0.1) is 0 Å². The van der Waals surface area contributed by atoms with E-state index in [2.05, 4.69) is 124 Å². The first kappa shape index (κ1) is 26.0. The lowest BCUT2D eigenvalue weighted by atomic mass is 9.91. The molecule has 0 spiro atoms. The molecule has 2 aliphatic heterocycles. The summed E-state index contributed by atoms with van der Waals surface area (Å²) in [5.41, 5.74) is 10.9. The number of rotatable bonds is 4. The van der Waals surface area contributed by atoms with Crippen molar-refractivity contribution in [1.29, 1.82) is 0 Å².